The van der Waals surface area contributed by atoms with E-state index in [0.717, 1.165) is 0 Å². The van der Waals surface area contributed by atoms with Gasteiger partial charge in [0.15, 0.2) is 0 Å². The number of hydrogen-bond acceptors (Lipinski definition) is 1. The Balaban J connectivity index is 3.28. The van der Waals surface area contributed by atoms with E-state index in [1.165, 1.54) is 0 Å². The number of carboxylic acids is 1. The Labute approximate surface area is 83.9 Å². The fraction of sp³-hybridized carbons (Fsp3) is 0.444. The third-order valence-electron chi connectivity index (χ3n) is 1.96. The number of nitrogens with one attached hydrogen (secondary N) is 1. The quantitative estimate of drug-likeness (QED) is 0.806. The Hall–Kier alpha value is -1.46. The molecule has 6 heteroatoms. The van der Waals surface area contributed by atoms with Crippen LogP contribution in [0.2, 0.25) is 0 Å². The number of aromatic carboxylic acids is 1. The third-order valence-corrected chi connectivity index (χ3v) is 1.96. The highest BCUT2D eigenvalue weighted by Gasteiger charge is 2.34. The van der Waals surface area contributed by atoms with Crippen LogP contribution in [0, 0.1) is 0 Å². The van der Waals surface area contributed by atoms with E-state index in [0.29, 0.717) is 6.07 Å². The van der Waals surface area contributed by atoms with E-state index in [2.05, 4.69) is 4.98 Å². The van der Waals surface area contributed by atoms with Crippen molar-refractivity contribution in [3.63, 3.8) is 0 Å². The van der Waals surface area contributed by atoms with Crippen LogP contribution in [0.25, 0.3) is 0 Å². The molecule has 0 amide bonds. The summed E-state index contributed by atoms with van der Waals surface area (Å²) >= 11 is 0. The molecule has 0 saturated heterocycles. The number of rotatable bonds is 2. The second kappa shape index (κ2) is 3.60. The molecule has 0 saturated carbocycles. The van der Waals surface area contributed by atoms with Gasteiger partial charge in [-0.15, -0.1) is 0 Å². The molecule has 1 rings (SSSR count). The maximum atomic E-state index is 12.3. The summed E-state index contributed by atoms with van der Waals surface area (Å²) in [5.41, 5.74) is -1.25. The van der Waals surface area contributed by atoms with Crippen LogP contribution in [0.4, 0.5) is 13.2 Å². The van der Waals surface area contributed by atoms with Crippen molar-refractivity contribution >= 4 is 5.97 Å². The van der Waals surface area contributed by atoms with Crippen LogP contribution in [0.5, 0.6) is 0 Å². The normalized spacial score (nSPS) is 12.1. The smallest absolute Gasteiger partial charge is 0.431 e. The fourth-order valence-corrected chi connectivity index (χ4v) is 1.26. The van der Waals surface area contributed by atoms with Gasteiger partial charge in [-0.25, -0.2) is 4.79 Å². The molecular weight excluding hydrogens is 211 g/mol. The van der Waals surface area contributed by atoms with Crippen molar-refractivity contribution < 1.29 is 23.1 Å². The number of aromatic nitrogens is 1. The molecule has 0 spiro atoms. The minimum absolute atomic E-state index is 0.0924. The summed E-state index contributed by atoms with van der Waals surface area (Å²) in [6.45, 7) is 3.25. The first-order valence-corrected chi connectivity index (χ1v) is 4.27. The van der Waals surface area contributed by atoms with E-state index >= 15 is 0 Å². The van der Waals surface area contributed by atoms with Gasteiger partial charge < -0.3 is 10.1 Å². The van der Waals surface area contributed by atoms with Crippen LogP contribution in [0.15, 0.2) is 6.07 Å². The number of halogens is 3. The van der Waals surface area contributed by atoms with Crippen LogP contribution in [0.1, 0.15) is 41.5 Å². The zero-order valence-corrected chi connectivity index (χ0v) is 8.14. The molecule has 0 unspecified atom stereocenters. The van der Waals surface area contributed by atoms with Crippen LogP contribution < -0.4 is 0 Å². The van der Waals surface area contributed by atoms with Crippen molar-refractivity contribution in [2.45, 2.75) is 25.9 Å². The van der Waals surface area contributed by atoms with Gasteiger partial charge in [0.25, 0.3) is 0 Å². The van der Waals surface area contributed by atoms with E-state index in [-0.39, 0.29) is 17.2 Å². The number of aromatic amines is 1. The fourth-order valence-electron chi connectivity index (χ4n) is 1.26. The largest absolute Gasteiger partial charge is 0.478 e. The first-order valence-electron chi connectivity index (χ1n) is 4.27. The molecule has 0 aliphatic heterocycles. The molecule has 1 heterocycles. The van der Waals surface area contributed by atoms with Gasteiger partial charge in [-0.05, 0) is 12.0 Å². The lowest BCUT2D eigenvalue weighted by Gasteiger charge is -2.04. The molecule has 0 bridgehead atoms. The van der Waals surface area contributed by atoms with Crippen LogP contribution in [-0.2, 0) is 6.18 Å². The molecule has 0 radical (unpaired) electrons. The molecule has 0 aliphatic rings. The van der Waals surface area contributed by atoms with E-state index in [4.69, 9.17) is 5.11 Å². The maximum absolute atomic E-state index is 12.3. The van der Waals surface area contributed by atoms with Crippen LogP contribution >= 0.6 is 0 Å². The molecule has 3 nitrogen and oxygen atoms in total. The number of carboxylic acid groups (broad SMARTS) is 1. The molecule has 15 heavy (non-hydrogen) atoms. The van der Waals surface area contributed by atoms with Crippen LogP contribution in [0.3, 0.4) is 0 Å². The SMILES string of the molecule is CC(C)c1[nH]c(C(F)(F)F)cc1C(=O)O. The molecule has 0 aliphatic carbocycles. The maximum Gasteiger partial charge on any atom is 0.431 e. The highest BCUT2D eigenvalue weighted by molar-refractivity contribution is 5.89. The number of alkyl halides is 3. The first kappa shape index (κ1) is 11.6. The second-order valence-electron chi connectivity index (χ2n) is 3.47. The van der Waals surface area contributed by atoms with Crippen molar-refractivity contribution in [2.24, 2.45) is 0 Å². The summed E-state index contributed by atoms with van der Waals surface area (Å²) in [4.78, 5) is 12.8. The highest BCUT2D eigenvalue weighted by Crippen LogP contribution is 2.32. The van der Waals surface area contributed by atoms with Crippen molar-refractivity contribution in [1.29, 1.82) is 0 Å². The lowest BCUT2D eigenvalue weighted by Crippen LogP contribution is -2.05. The molecular formula is C9H10F3NO2. The Bertz CT molecular complexity index is 379. The van der Waals surface area contributed by atoms with Crippen molar-refractivity contribution in [1.82, 2.24) is 4.98 Å². The predicted octanol–water partition coefficient (Wildman–Crippen LogP) is 2.86. The number of carbonyl (C=O) groups is 1. The molecule has 0 aromatic carbocycles. The summed E-state index contributed by atoms with van der Waals surface area (Å²) < 4.78 is 36.9. The van der Waals surface area contributed by atoms with Crippen molar-refractivity contribution in [3.8, 4) is 0 Å². The van der Waals surface area contributed by atoms with E-state index in [9.17, 15) is 18.0 Å². The second-order valence-corrected chi connectivity index (χ2v) is 3.47. The molecule has 84 valence electrons. The minimum atomic E-state index is -4.54. The highest BCUT2D eigenvalue weighted by atomic mass is 19.4. The third kappa shape index (κ3) is 2.31. The predicted molar refractivity (Wildman–Crippen MR) is 46.8 cm³/mol. The first-order chi connectivity index (χ1) is 6.73. The van der Waals surface area contributed by atoms with Crippen molar-refractivity contribution in [3.05, 3.63) is 23.0 Å². The van der Waals surface area contributed by atoms with Gasteiger partial charge >= 0.3 is 12.1 Å². The van der Waals surface area contributed by atoms with Gasteiger partial charge in [0.1, 0.15) is 5.69 Å². The van der Waals surface area contributed by atoms with Crippen LogP contribution in [-0.4, -0.2) is 16.1 Å². The Morgan fingerprint density at radius 2 is 2.00 bits per heavy atom. The standard InChI is InChI=1S/C9H10F3NO2/c1-4(2)7-5(8(14)15)3-6(13-7)9(10,11)12/h3-4,13H,1-2H3,(H,14,15). The summed E-state index contributed by atoms with van der Waals surface area (Å²) in [5.74, 6) is -1.65. The zero-order chi connectivity index (χ0) is 11.8. The average Bonchev–Trinajstić information content (AvgIpc) is 2.45. The van der Waals surface area contributed by atoms with E-state index in [1.807, 2.05) is 0 Å². The van der Waals surface area contributed by atoms with Gasteiger partial charge in [-0.3, -0.25) is 0 Å². The van der Waals surface area contributed by atoms with Gasteiger partial charge in [0.2, 0.25) is 0 Å². The van der Waals surface area contributed by atoms with E-state index in [1.54, 1.807) is 13.8 Å². The molecule has 2 N–H and O–H groups in total. The minimum Gasteiger partial charge on any atom is -0.478 e. The summed E-state index contributed by atoms with van der Waals surface area (Å²) in [6, 6.07) is 0.623. The topological polar surface area (TPSA) is 53.1 Å². The number of H-pyrrole nitrogens is 1. The Morgan fingerprint density at radius 3 is 2.27 bits per heavy atom. The average molecular weight is 221 g/mol. The van der Waals surface area contributed by atoms with Gasteiger partial charge in [-0.1, -0.05) is 13.8 Å². The Kier molecular flexibility index (Phi) is 2.79. The Morgan fingerprint density at radius 1 is 1.47 bits per heavy atom. The summed E-state index contributed by atoms with van der Waals surface area (Å²) in [5, 5.41) is 8.71. The van der Waals surface area contributed by atoms with Gasteiger partial charge in [0, 0.05) is 5.69 Å². The van der Waals surface area contributed by atoms with E-state index < -0.39 is 17.8 Å². The van der Waals surface area contributed by atoms with Gasteiger partial charge in [0.05, 0.1) is 5.56 Å². The monoisotopic (exact) mass is 221 g/mol. The summed E-state index contributed by atoms with van der Waals surface area (Å²) in [7, 11) is 0. The molecule has 0 atom stereocenters. The molecule has 1 aromatic heterocycles. The molecule has 1 aromatic rings. The number of hydrogen-bond donors (Lipinski definition) is 2. The van der Waals surface area contributed by atoms with Crippen molar-refractivity contribution in [2.75, 3.05) is 0 Å². The lowest BCUT2D eigenvalue weighted by atomic mass is 10.1. The van der Waals surface area contributed by atoms with Gasteiger partial charge in [-0.2, -0.15) is 13.2 Å². The molecule has 0 fully saturated rings. The lowest BCUT2D eigenvalue weighted by molar-refractivity contribution is -0.140. The summed E-state index contributed by atoms with van der Waals surface area (Å²) in [6.07, 6.45) is -4.54. The zero-order valence-electron chi connectivity index (χ0n) is 8.14.